The van der Waals surface area contributed by atoms with Crippen LogP contribution in [-0.2, 0) is 0 Å². The summed E-state index contributed by atoms with van der Waals surface area (Å²) in [4.78, 5) is 17.5. The first-order valence-electron chi connectivity index (χ1n) is 9.72. The molecule has 0 unspecified atom stereocenters. The van der Waals surface area contributed by atoms with Gasteiger partial charge in [0.05, 0.1) is 21.3 Å². The number of anilines is 1. The van der Waals surface area contributed by atoms with Crippen molar-refractivity contribution in [3.8, 4) is 28.7 Å². The average molecular weight is 453 g/mol. The molecule has 8 heteroatoms. The number of carbonyl (C=O) groups excluding carboxylic acids is 1. The van der Waals surface area contributed by atoms with Crippen LogP contribution in [0.3, 0.4) is 0 Å². The first-order valence-corrected chi connectivity index (χ1v) is 10.1. The molecule has 0 saturated heterocycles. The summed E-state index contributed by atoms with van der Waals surface area (Å²) in [6.45, 7) is 1.89. The second-order valence-corrected chi connectivity index (χ2v) is 7.41. The van der Waals surface area contributed by atoms with E-state index in [9.17, 15) is 4.79 Å². The van der Waals surface area contributed by atoms with Crippen molar-refractivity contribution in [2.24, 2.45) is 0 Å². The fourth-order valence-electron chi connectivity index (χ4n) is 3.43. The van der Waals surface area contributed by atoms with E-state index in [4.69, 9.17) is 30.2 Å². The minimum Gasteiger partial charge on any atom is -0.493 e. The molecule has 0 spiro atoms. The van der Waals surface area contributed by atoms with Gasteiger partial charge >= 0.3 is 0 Å². The number of halogens is 1. The third-order valence-electron chi connectivity index (χ3n) is 5.09. The molecule has 4 aromatic rings. The number of fused-ring (bicyclic) bond motifs is 1. The van der Waals surface area contributed by atoms with Gasteiger partial charge in [0, 0.05) is 21.8 Å². The number of hydrogen-bond donors (Lipinski definition) is 1. The normalized spacial score (nSPS) is 10.8. The second-order valence-electron chi connectivity index (χ2n) is 6.98. The van der Waals surface area contributed by atoms with Gasteiger partial charge in [0.1, 0.15) is 5.52 Å². The summed E-state index contributed by atoms with van der Waals surface area (Å²) in [5.41, 5.74) is 3.86. The quantitative estimate of drug-likeness (QED) is 0.402. The monoisotopic (exact) mass is 452 g/mol. The molecule has 0 fully saturated rings. The van der Waals surface area contributed by atoms with E-state index in [0.29, 0.717) is 50.5 Å². The molecule has 0 aliphatic heterocycles. The second kappa shape index (κ2) is 8.80. The Morgan fingerprint density at radius 3 is 2.38 bits per heavy atom. The molecule has 0 saturated carbocycles. The molecule has 1 aromatic heterocycles. The number of hydrogen-bond acceptors (Lipinski definition) is 6. The van der Waals surface area contributed by atoms with E-state index >= 15 is 0 Å². The zero-order valence-corrected chi connectivity index (χ0v) is 18.7. The third-order valence-corrected chi connectivity index (χ3v) is 5.32. The summed E-state index contributed by atoms with van der Waals surface area (Å²) in [5.74, 6) is 1.33. The molecule has 4 rings (SSSR count). The lowest BCUT2D eigenvalue weighted by Gasteiger charge is -2.15. The van der Waals surface area contributed by atoms with Gasteiger partial charge < -0.3 is 23.9 Å². The van der Waals surface area contributed by atoms with Crippen LogP contribution in [0.25, 0.3) is 22.6 Å². The summed E-state index contributed by atoms with van der Waals surface area (Å²) in [7, 11) is 4.51. The molecule has 0 aliphatic carbocycles. The Morgan fingerprint density at radius 1 is 1.00 bits per heavy atom. The summed E-state index contributed by atoms with van der Waals surface area (Å²) in [6, 6.07) is 14.0. The highest BCUT2D eigenvalue weighted by atomic mass is 35.5. The number of nitrogens with zero attached hydrogens (tertiary/aromatic N) is 1. The number of benzene rings is 3. The van der Waals surface area contributed by atoms with Gasteiger partial charge in [0.15, 0.2) is 17.1 Å². The van der Waals surface area contributed by atoms with Crippen molar-refractivity contribution in [3.63, 3.8) is 0 Å². The van der Waals surface area contributed by atoms with Gasteiger partial charge in [-0.2, -0.15) is 0 Å². The van der Waals surface area contributed by atoms with Gasteiger partial charge in [-0.15, -0.1) is 0 Å². The molecule has 1 amide bonds. The van der Waals surface area contributed by atoms with Crippen LogP contribution in [0, 0.1) is 6.92 Å². The van der Waals surface area contributed by atoms with Crippen molar-refractivity contribution in [1.29, 1.82) is 0 Å². The first-order chi connectivity index (χ1) is 15.4. The third kappa shape index (κ3) is 3.94. The molecule has 164 valence electrons. The standard InChI is InChI=1S/C24H21ClN2O5/c1-13-16(24-27-18-12-15(25)8-9-19(18)32-24)6-5-7-17(13)26-23(28)14-10-20(29-2)22(31-4)21(11-14)30-3/h5-12H,1-4H3,(H,26,28). The van der Waals surface area contributed by atoms with E-state index in [0.717, 1.165) is 11.1 Å². The fraction of sp³-hybridized carbons (Fsp3) is 0.167. The molecule has 0 atom stereocenters. The number of ether oxygens (including phenoxy) is 3. The molecular formula is C24H21ClN2O5. The van der Waals surface area contributed by atoms with E-state index in [1.54, 1.807) is 30.3 Å². The number of methoxy groups -OCH3 is 3. The Hall–Kier alpha value is -3.71. The molecule has 1 heterocycles. The predicted octanol–water partition coefficient (Wildman–Crippen LogP) is 5.73. The molecule has 0 aliphatic rings. The van der Waals surface area contributed by atoms with Crippen molar-refractivity contribution in [2.45, 2.75) is 6.92 Å². The van der Waals surface area contributed by atoms with Crippen molar-refractivity contribution in [3.05, 3.63) is 64.7 Å². The van der Waals surface area contributed by atoms with Crippen LogP contribution in [0.1, 0.15) is 15.9 Å². The van der Waals surface area contributed by atoms with Crippen molar-refractivity contribution in [2.75, 3.05) is 26.6 Å². The lowest BCUT2D eigenvalue weighted by Crippen LogP contribution is -2.13. The maximum atomic E-state index is 13.0. The Kier molecular flexibility index (Phi) is 5.92. The van der Waals surface area contributed by atoms with Crippen LogP contribution in [-0.4, -0.2) is 32.2 Å². The SMILES string of the molecule is COc1cc(C(=O)Nc2cccc(-c3nc4cc(Cl)ccc4o3)c2C)cc(OC)c1OC. The largest absolute Gasteiger partial charge is 0.493 e. The van der Waals surface area contributed by atoms with Gasteiger partial charge in [-0.05, 0) is 55.0 Å². The number of nitrogens with one attached hydrogen (secondary N) is 1. The van der Waals surface area contributed by atoms with Crippen molar-refractivity contribution in [1.82, 2.24) is 4.98 Å². The number of oxazole rings is 1. The summed E-state index contributed by atoms with van der Waals surface area (Å²) >= 11 is 6.05. The van der Waals surface area contributed by atoms with Crippen LogP contribution in [0.4, 0.5) is 5.69 Å². The topological polar surface area (TPSA) is 82.8 Å². The number of aromatic nitrogens is 1. The average Bonchev–Trinajstić information content (AvgIpc) is 3.22. The Bertz CT molecular complexity index is 1290. The molecule has 7 nitrogen and oxygen atoms in total. The zero-order chi connectivity index (χ0) is 22.8. The van der Waals surface area contributed by atoms with Gasteiger partial charge in [0.2, 0.25) is 11.6 Å². The predicted molar refractivity (Wildman–Crippen MR) is 123 cm³/mol. The fourth-order valence-corrected chi connectivity index (χ4v) is 3.59. The van der Waals surface area contributed by atoms with E-state index in [-0.39, 0.29) is 5.91 Å². The van der Waals surface area contributed by atoms with E-state index < -0.39 is 0 Å². The van der Waals surface area contributed by atoms with E-state index in [2.05, 4.69) is 10.3 Å². The minimum absolute atomic E-state index is 0.325. The maximum absolute atomic E-state index is 13.0. The Morgan fingerprint density at radius 2 is 1.72 bits per heavy atom. The first kappa shape index (κ1) is 21.5. The highest BCUT2D eigenvalue weighted by Crippen LogP contribution is 2.38. The number of carbonyl (C=O) groups is 1. The van der Waals surface area contributed by atoms with E-state index in [1.807, 2.05) is 25.1 Å². The van der Waals surface area contributed by atoms with Gasteiger partial charge in [0.25, 0.3) is 5.91 Å². The highest BCUT2D eigenvalue weighted by Gasteiger charge is 2.19. The number of amides is 1. The molecule has 0 radical (unpaired) electrons. The lowest BCUT2D eigenvalue weighted by atomic mass is 10.1. The van der Waals surface area contributed by atoms with Crippen LogP contribution in [0.2, 0.25) is 5.02 Å². The summed E-state index contributed by atoms with van der Waals surface area (Å²) in [5, 5.41) is 3.52. The zero-order valence-electron chi connectivity index (χ0n) is 18.0. The van der Waals surface area contributed by atoms with Crippen LogP contribution in [0.5, 0.6) is 17.2 Å². The molecule has 3 aromatic carbocycles. The van der Waals surface area contributed by atoms with E-state index in [1.165, 1.54) is 21.3 Å². The van der Waals surface area contributed by atoms with Gasteiger partial charge in [-0.1, -0.05) is 17.7 Å². The summed E-state index contributed by atoms with van der Waals surface area (Å²) < 4.78 is 21.9. The number of rotatable bonds is 6. The van der Waals surface area contributed by atoms with Gasteiger partial charge in [-0.3, -0.25) is 4.79 Å². The van der Waals surface area contributed by atoms with Crippen LogP contribution >= 0.6 is 11.6 Å². The lowest BCUT2D eigenvalue weighted by molar-refractivity contribution is 0.102. The Labute approximate surface area is 189 Å². The minimum atomic E-state index is -0.325. The maximum Gasteiger partial charge on any atom is 0.255 e. The molecule has 1 N–H and O–H groups in total. The van der Waals surface area contributed by atoms with Crippen molar-refractivity contribution < 1.29 is 23.4 Å². The molecule has 32 heavy (non-hydrogen) atoms. The van der Waals surface area contributed by atoms with Crippen LogP contribution < -0.4 is 19.5 Å². The summed E-state index contributed by atoms with van der Waals surface area (Å²) in [6.07, 6.45) is 0. The van der Waals surface area contributed by atoms with Crippen LogP contribution in [0.15, 0.2) is 52.9 Å². The molecule has 0 bridgehead atoms. The Balaban J connectivity index is 1.67. The van der Waals surface area contributed by atoms with Gasteiger partial charge in [-0.25, -0.2) is 4.98 Å². The van der Waals surface area contributed by atoms with Crippen molar-refractivity contribution >= 4 is 34.3 Å². The highest BCUT2D eigenvalue weighted by molar-refractivity contribution is 6.31. The molecular weight excluding hydrogens is 432 g/mol. The smallest absolute Gasteiger partial charge is 0.255 e.